The zero-order valence-electron chi connectivity index (χ0n) is 13.6. The van der Waals surface area contributed by atoms with E-state index in [1.54, 1.807) is 0 Å². The maximum absolute atomic E-state index is 5.84. The summed E-state index contributed by atoms with van der Waals surface area (Å²) in [5.74, 6) is 3.30. The molecule has 3 heteroatoms. The molecule has 0 spiro atoms. The average molecular weight is 287 g/mol. The number of nitrogens with zero attached hydrogens (tertiary/aromatic N) is 2. The third kappa shape index (κ3) is 3.13. The standard InChI is InChI=1S/C18H29N3/c1-3-13-4-7-15(8-5-13)18-20-12(2)16-10-14(11-19)6-9-17(16)21-18/h13-15H,3-11,19H2,1-2H3. The summed E-state index contributed by atoms with van der Waals surface area (Å²) in [4.78, 5) is 9.84. The number of aromatic nitrogens is 2. The van der Waals surface area contributed by atoms with Crippen molar-refractivity contribution in [1.29, 1.82) is 0 Å². The topological polar surface area (TPSA) is 51.8 Å². The van der Waals surface area contributed by atoms with Crippen molar-refractivity contribution in [2.45, 2.75) is 71.1 Å². The van der Waals surface area contributed by atoms with Gasteiger partial charge in [0.25, 0.3) is 0 Å². The first-order chi connectivity index (χ1) is 10.2. The van der Waals surface area contributed by atoms with Crippen LogP contribution in [0.4, 0.5) is 0 Å². The van der Waals surface area contributed by atoms with E-state index in [9.17, 15) is 0 Å². The molecule has 1 unspecified atom stereocenters. The smallest absolute Gasteiger partial charge is 0.131 e. The second-order valence-electron chi connectivity index (χ2n) is 7.06. The molecule has 3 rings (SSSR count). The highest BCUT2D eigenvalue weighted by molar-refractivity contribution is 5.29. The molecular weight excluding hydrogens is 258 g/mol. The lowest BCUT2D eigenvalue weighted by molar-refractivity contribution is 0.311. The Labute approximate surface area is 128 Å². The number of aryl methyl sites for hydroxylation is 2. The first kappa shape index (κ1) is 15.0. The van der Waals surface area contributed by atoms with Gasteiger partial charge in [0.1, 0.15) is 5.82 Å². The molecule has 1 aromatic rings. The van der Waals surface area contributed by atoms with Crippen LogP contribution < -0.4 is 5.73 Å². The molecule has 2 aliphatic rings. The van der Waals surface area contributed by atoms with Crippen LogP contribution in [0, 0.1) is 18.8 Å². The number of fused-ring (bicyclic) bond motifs is 1. The van der Waals surface area contributed by atoms with Gasteiger partial charge in [0.15, 0.2) is 0 Å². The molecular formula is C18H29N3. The van der Waals surface area contributed by atoms with Crippen molar-refractivity contribution in [3.05, 3.63) is 22.8 Å². The van der Waals surface area contributed by atoms with E-state index < -0.39 is 0 Å². The summed E-state index contributed by atoms with van der Waals surface area (Å²) in [6.45, 7) is 5.28. The Kier molecular flexibility index (Phi) is 4.58. The minimum Gasteiger partial charge on any atom is -0.330 e. The predicted octanol–water partition coefficient (Wildman–Crippen LogP) is 3.53. The molecule has 1 saturated carbocycles. The van der Waals surface area contributed by atoms with E-state index in [1.165, 1.54) is 55.5 Å². The Balaban J connectivity index is 1.78. The molecule has 0 aromatic carbocycles. The third-order valence-electron chi connectivity index (χ3n) is 5.72. The summed E-state index contributed by atoms with van der Waals surface area (Å²) >= 11 is 0. The largest absolute Gasteiger partial charge is 0.330 e. The molecule has 0 amide bonds. The predicted molar refractivity (Wildman–Crippen MR) is 86.3 cm³/mol. The minimum absolute atomic E-state index is 0.601. The maximum Gasteiger partial charge on any atom is 0.131 e. The molecule has 1 fully saturated rings. The van der Waals surface area contributed by atoms with Crippen molar-refractivity contribution in [1.82, 2.24) is 9.97 Å². The van der Waals surface area contributed by atoms with Gasteiger partial charge in [-0.25, -0.2) is 9.97 Å². The van der Waals surface area contributed by atoms with Gasteiger partial charge in [-0.1, -0.05) is 13.3 Å². The summed E-state index contributed by atoms with van der Waals surface area (Å²) in [5, 5.41) is 0. The molecule has 21 heavy (non-hydrogen) atoms. The second kappa shape index (κ2) is 6.43. The Morgan fingerprint density at radius 2 is 1.81 bits per heavy atom. The molecule has 0 bridgehead atoms. The monoisotopic (exact) mass is 287 g/mol. The molecule has 1 atom stereocenters. The van der Waals surface area contributed by atoms with Crippen LogP contribution in [0.5, 0.6) is 0 Å². The first-order valence-corrected chi connectivity index (χ1v) is 8.77. The number of hydrogen-bond donors (Lipinski definition) is 1. The van der Waals surface area contributed by atoms with E-state index in [1.807, 2.05) is 0 Å². The van der Waals surface area contributed by atoms with Crippen LogP contribution >= 0.6 is 0 Å². The van der Waals surface area contributed by atoms with Crippen molar-refractivity contribution in [2.75, 3.05) is 6.54 Å². The van der Waals surface area contributed by atoms with Crippen molar-refractivity contribution in [3.63, 3.8) is 0 Å². The zero-order chi connectivity index (χ0) is 14.8. The van der Waals surface area contributed by atoms with E-state index in [-0.39, 0.29) is 0 Å². The summed E-state index contributed by atoms with van der Waals surface area (Å²) in [5.41, 5.74) is 9.77. The molecule has 2 N–H and O–H groups in total. The molecule has 0 radical (unpaired) electrons. The van der Waals surface area contributed by atoms with E-state index in [0.29, 0.717) is 11.8 Å². The highest BCUT2D eigenvalue weighted by Gasteiger charge is 2.26. The SMILES string of the molecule is CCC1CCC(c2nc(C)c3c(n2)CCC(CN)C3)CC1. The van der Waals surface area contributed by atoms with E-state index in [0.717, 1.165) is 31.1 Å². The number of nitrogens with two attached hydrogens (primary N) is 1. The van der Waals surface area contributed by atoms with Crippen LogP contribution in [-0.2, 0) is 12.8 Å². The van der Waals surface area contributed by atoms with Crippen LogP contribution in [-0.4, -0.2) is 16.5 Å². The minimum atomic E-state index is 0.601. The highest BCUT2D eigenvalue weighted by Crippen LogP contribution is 2.36. The lowest BCUT2D eigenvalue weighted by Crippen LogP contribution is -2.25. The third-order valence-corrected chi connectivity index (χ3v) is 5.72. The lowest BCUT2D eigenvalue weighted by atomic mass is 9.80. The van der Waals surface area contributed by atoms with Gasteiger partial charge in [-0.15, -0.1) is 0 Å². The number of rotatable bonds is 3. The average Bonchev–Trinajstić information content (AvgIpc) is 2.54. The van der Waals surface area contributed by atoms with Gasteiger partial charge < -0.3 is 5.73 Å². The normalized spacial score (nSPS) is 29.2. The molecule has 1 heterocycles. The van der Waals surface area contributed by atoms with Gasteiger partial charge in [0.05, 0.1) is 0 Å². The van der Waals surface area contributed by atoms with Crippen molar-refractivity contribution in [2.24, 2.45) is 17.6 Å². The van der Waals surface area contributed by atoms with Crippen molar-refractivity contribution < 1.29 is 0 Å². The lowest BCUT2D eigenvalue weighted by Gasteiger charge is -2.29. The maximum atomic E-state index is 5.84. The fourth-order valence-corrected chi connectivity index (χ4v) is 4.10. The highest BCUT2D eigenvalue weighted by atomic mass is 14.9. The van der Waals surface area contributed by atoms with Crippen LogP contribution in [0.3, 0.4) is 0 Å². The molecule has 1 aromatic heterocycles. The number of hydrogen-bond acceptors (Lipinski definition) is 3. The van der Waals surface area contributed by atoms with Crippen LogP contribution in [0.1, 0.15) is 74.1 Å². The van der Waals surface area contributed by atoms with Crippen LogP contribution in [0.25, 0.3) is 0 Å². The van der Waals surface area contributed by atoms with Gasteiger partial charge in [0.2, 0.25) is 0 Å². The van der Waals surface area contributed by atoms with Gasteiger partial charge in [-0.05, 0) is 75.8 Å². The fourth-order valence-electron chi connectivity index (χ4n) is 4.10. The van der Waals surface area contributed by atoms with Crippen LogP contribution in [0.15, 0.2) is 0 Å². The summed E-state index contributed by atoms with van der Waals surface area (Å²) in [7, 11) is 0. The van der Waals surface area contributed by atoms with Crippen molar-refractivity contribution in [3.8, 4) is 0 Å². The van der Waals surface area contributed by atoms with Crippen LogP contribution in [0.2, 0.25) is 0 Å². The molecule has 3 nitrogen and oxygen atoms in total. The second-order valence-corrected chi connectivity index (χ2v) is 7.06. The summed E-state index contributed by atoms with van der Waals surface area (Å²) < 4.78 is 0. The summed E-state index contributed by atoms with van der Waals surface area (Å²) in [6.07, 6.45) is 9.98. The van der Waals surface area contributed by atoms with Gasteiger partial charge in [0, 0.05) is 17.3 Å². The fraction of sp³-hybridized carbons (Fsp3) is 0.778. The quantitative estimate of drug-likeness (QED) is 0.925. The Morgan fingerprint density at radius 1 is 1.05 bits per heavy atom. The van der Waals surface area contributed by atoms with E-state index in [4.69, 9.17) is 15.7 Å². The van der Waals surface area contributed by atoms with E-state index >= 15 is 0 Å². The Bertz CT molecular complexity index is 489. The van der Waals surface area contributed by atoms with E-state index in [2.05, 4.69) is 13.8 Å². The molecule has 2 aliphatic carbocycles. The Morgan fingerprint density at radius 3 is 2.48 bits per heavy atom. The first-order valence-electron chi connectivity index (χ1n) is 8.77. The van der Waals surface area contributed by atoms with Crippen molar-refractivity contribution >= 4 is 0 Å². The summed E-state index contributed by atoms with van der Waals surface area (Å²) in [6, 6.07) is 0. The zero-order valence-corrected chi connectivity index (χ0v) is 13.6. The molecule has 116 valence electrons. The van der Waals surface area contributed by atoms with Gasteiger partial charge in [-0.2, -0.15) is 0 Å². The molecule has 0 saturated heterocycles. The van der Waals surface area contributed by atoms with Gasteiger partial charge in [-0.3, -0.25) is 0 Å². The molecule has 0 aliphatic heterocycles. The van der Waals surface area contributed by atoms with Gasteiger partial charge >= 0.3 is 0 Å². The Hall–Kier alpha value is -0.960.